The fraction of sp³-hybridized carbons (Fsp3) is 0.308. The molecule has 12 heteroatoms. The molecule has 9 nitrogen and oxygen atoms in total. The van der Waals surface area contributed by atoms with Gasteiger partial charge in [-0.15, -0.1) is 3.89 Å². The van der Waals surface area contributed by atoms with Crippen LogP contribution in [0.5, 0.6) is 5.75 Å². The Morgan fingerprint density at radius 2 is 1.87 bits per heavy atom. The van der Waals surface area contributed by atoms with E-state index < -0.39 is 17.4 Å². The van der Waals surface area contributed by atoms with Crippen LogP contribution in [0.3, 0.4) is 0 Å². The number of fused-ring (bicyclic) bond motifs is 3. The van der Waals surface area contributed by atoms with Crippen LogP contribution in [0.15, 0.2) is 42.9 Å². The van der Waals surface area contributed by atoms with Gasteiger partial charge in [0.1, 0.15) is 23.0 Å². The fourth-order valence-electron chi connectivity index (χ4n) is 5.13. The van der Waals surface area contributed by atoms with Gasteiger partial charge >= 0.3 is 6.03 Å². The predicted molar refractivity (Wildman–Crippen MR) is 141 cm³/mol. The summed E-state index contributed by atoms with van der Waals surface area (Å²) in [5, 5.41) is 3.20. The van der Waals surface area contributed by atoms with Crippen molar-refractivity contribution in [1.29, 1.82) is 0 Å². The minimum atomic E-state index is -0.763. The van der Waals surface area contributed by atoms with Gasteiger partial charge in [0, 0.05) is 48.5 Å². The highest BCUT2D eigenvalue weighted by Crippen LogP contribution is 2.48. The van der Waals surface area contributed by atoms with Crippen LogP contribution in [0.2, 0.25) is 0 Å². The monoisotopic (exact) mass is 538 g/mol. The Morgan fingerprint density at radius 3 is 2.61 bits per heavy atom. The first-order valence-corrected chi connectivity index (χ1v) is 12.9. The van der Waals surface area contributed by atoms with Crippen LogP contribution in [0.1, 0.15) is 32.3 Å². The van der Waals surface area contributed by atoms with E-state index in [4.69, 9.17) is 4.74 Å². The quantitative estimate of drug-likeness (QED) is 0.426. The van der Waals surface area contributed by atoms with Crippen LogP contribution < -0.4 is 19.9 Å². The number of carbonyl (C=O) groups excluding carboxylic acids is 2. The molecule has 38 heavy (non-hydrogen) atoms. The summed E-state index contributed by atoms with van der Waals surface area (Å²) in [6, 6.07) is 6.14. The predicted octanol–water partition coefficient (Wildman–Crippen LogP) is 5.56. The molecular weight excluding hydrogens is 514 g/mol. The Bertz CT molecular complexity index is 1470. The van der Waals surface area contributed by atoms with Gasteiger partial charge in [-0.25, -0.2) is 18.5 Å². The lowest BCUT2D eigenvalue weighted by molar-refractivity contribution is -0.117. The molecule has 2 fully saturated rings. The molecule has 0 bridgehead atoms. The summed E-state index contributed by atoms with van der Waals surface area (Å²) >= 11 is -0.0948. The molecule has 0 aliphatic carbocycles. The lowest BCUT2D eigenvalue weighted by Crippen LogP contribution is -2.30. The molecule has 0 radical (unpaired) electrons. The van der Waals surface area contributed by atoms with Crippen LogP contribution in [0.25, 0.3) is 11.1 Å². The van der Waals surface area contributed by atoms with Crippen LogP contribution in [0.4, 0.5) is 36.0 Å². The van der Waals surface area contributed by atoms with E-state index in [1.807, 2.05) is 19.9 Å². The number of nitrogens with zero attached hydrogens (tertiary/aromatic N) is 5. The molecule has 2 saturated heterocycles. The van der Waals surface area contributed by atoms with Gasteiger partial charge in [-0.1, -0.05) is 0 Å². The molecule has 0 unspecified atom stereocenters. The van der Waals surface area contributed by atoms with Crippen molar-refractivity contribution in [3.8, 4) is 16.9 Å². The number of ether oxygens (including phenoxy) is 1. The molecule has 1 aromatic carbocycles. The van der Waals surface area contributed by atoms with E-state index in [1.54, 1.807) is 30.7 Å². The Kier molecular flexibility index (Phi) is 5.86. The van der Waals surface area contributed by atoms with Crippen molar-refractivity contribution < 1.29 is 22.6 Å². The molecule has 3 aromatic rings. The summed E-state index contributed by atoms with van der Waals surface area (Å²) in [7, 11) is 0. The third-order valence-corrected chi connectivity index (χ3v) is 7.49. The molecule has 0 atom stereocenters. The summed E-state index contributed by atoms with van der Waals surface area (Å²) < 4.78 is 35.4. The first-order chi connectivity index (χ1) is 18.2. The molecule has 0 spiro atoms. The number of carbonyl (C=O) groups is 2. The summed E-state index contributed by atoms with van der Waals surface area (Å²) in [5.74, 6) is 0.424. The largest absolute Gasteiger partial charge is 0.482 e. The number of pyridine rings is 2. The number of urea groups is 1. The highest BCUT2D eigenvalue weighted by atomic mass is 32.2. The van der Waals surface area contributed by atoms with Crippen LogP contribution in [-0.4, -0.2) is 45.8 Å². The summed E-state index contributed by atoms with van der Waals surface area (Å²) in [6.45, 7) is 4.95. The van der Waals surface area contributed by atoms with Gasteiger partial charge in [-0.2, -0.15) is 0 Å². The average Bonchev–Trinajstić information content (AvgIpc) is 3.49. The number of hydrogen-bond donors (Lipinski definition) is 1. The molecule has 1 N–H and O–H groups in total. The third kappa shape index (κ3) is 4.08. The number of anilines is 4. The molecule has 6 rings (SSSR count). The van der Waals surface area contributed by atoms with E-state index in [-0.39, 0.29) is 30.5 Å². The van der Waals surface area contributed by atoms with Gasteiger partial charge in [0.2, 0.25) is 5.91 Å². The Hall–Kier alpha value is -3.93. The minimum absolute atomic E-state index is 0.0945. The SMILES string of the molecule is CC1(C)Oc2cc(N3CCCC3=O)c(F)cc2-c2cnc(Nc3cncc(N4CCN(SF)C4=O)c3)cc21. The number of rotatable bonds is 5. The second kappa shape index (κ2) is 9.12. The standard InChI is InChI=1S/C26H24F2N6O3S/c1-26(2)19-10-23(31-15-8-16(13-29-12-15)32-6-7-34(38-28)25(32)36)30-14-18(19)17-9-20(27)21(11-22(17)37-26)33-5-3-4-24(33)35/h8-14H,3-7H2,1-2H3,(H,30,31). The van der Waals surface area contributed by atoms with Gasteiger partial charge in [-0.05, 0) is 38.5 Å². The molecule has 0 saturated carbocycles. The highest BCUT2D eigenvalue weighted by Gasteiger charge is 2.36. The summed E-state index contributed by atoms with van der Waals surface area (Å²) in [5.41, 5.74) is 2.71. The van der Waals surface area contributed by atoms with Crippen molar-refractivity contribution in [2.24, 2.45) is 0 Å². The molecule has 2 aromatic heterocycles. The topological polar surface area (TPSA) is 90.9 Å². The zero-order valence-electron chi connectivity index (χ0n) is 20.7. The molecular formula is C26H24F2N6O3S. The zero-order chi connectivity index (χ0) is 26.6. The molecule has 3 amide bonds. The maximum Gasteiger partial charge on any atom is 0.336 e. The van der Waals surface area contributed by atoms with Gasteiger partial charge in [0.05, 0.1) is 36.0 Å². The zero-order valence-corrected chi connectivity index (χ0v) is 21.5. The number of aromatic nitrogens is 2. The third-order valence-electron chi connectivity index (χ3n) is 6.98. The lowest BCUT2D eigenvalue weighted by atomic mass is 9.87. The van der Waals surface area contributed by atoms with Crippen LogP contribution in [-0.2, 0) is 10.4 Å². The van der Waals surface area contributed by atoms with Crippen molar-refractivity contribution in [2.75, 3.05) is 34.8 Å². The first-order valence-electron chi connectivity index (χ1n) is 12.2. The van der Waals surface area contributed by atoms with Crippen molar-refractivity contribution >= 4 is 47.2 Å². The minimum Gasteiger partial charge on any atom is -0.482 e. The second-order valence-corrected chi connectivity index (χ2v) is 10.4. The molecule has 196 valence electrons. The van der Waals surface area contributed by atoms with E-state index in [1.165, 1.54) is 15.9 Å². The van der Waals surface area contributed by atoms with Gasteiger partial charge < -0.3 is 15.0 Å². The molecule has 3 aliphatic heterocycles. The Balaban J connectivity index is 1.30. The molecule has 5 heterocycles. The van der Waals surface area contributed by atoms with Crippen molar-refractivity contribution in [1.82, 2.24) is 14.3 Å². The number of halogens is 2. The van der Waals surface area contributed by atoms with Crippen molar-refractivity contribution in [3.63, 3.8) is 0 Å². The van der Waals surface area contributed by atoms with Gasteiger partial charge in [0.15, 0.2) is 12.3 Å². The maximum absolute atomic E-state index is 15.2. The maximum atomic E-state index is 15.2. The number of nitrogens with one attached hydrogen (secondary N) is 1. The lowest BCUT2D eigenvalue weighted by Gasteiger charge is -2.35. The fourth-order valence-corrected chi connectivity index (χ4v) is 5.43. The van der Waals surface area contributed by atoms with Crippen LogP contribution >= 0.6 is 12.3 Å². The van der Waals surface area contributed by atoms with E-state index in [0.29, 0.717) is 54.4 Å². The van der Waals surface area contributed by atoms with Gasteiger partial charge in [-0.3, -0.25) is 14.7 Å². The van der Waals surface area contributed by atoms with E-state index in [2.05, 4.69) is 15.3 Å². The summed E-state index contributed by atoms with van der Waals surface area (Å²) in [6.07, 6.45) is 5.92. The van der Waals surface area contributed by atoms with Crippen molar-refractivity contribution in [3.05, 3.63) is 54.2 Å². The average molecular weight is 539 g/mol. The van der Waals surface area contributed by atoms with E-state index in [0.717, 1.165) is 15.4 Å². The first kappa shape index (κ1) is 24.4. The molecule has 3 aliphatic rings. The van der Waals surface area contributed by atoms with E-state index in [9.17, 15) is 13.5 Å². The van der Waals surface area contributed by atoms with E-state index >= 15 is 4.39 Å². The smallest absolute Gasteiger partial charge is 0.336 e. The number of amides is 3. The normalized spacial score (nSPS) is 17.9. The number of benzene rings is 1. The van der Waals surface area contributed by atoms with Gasteiger partial charge in [0.25, 0.3) is 0 Å². The van der Waals surface area contributed by atoms with Crippen LogP contribution in [0, 0.1) is 5.82 Å². The Morgan fingerprint density at radius 1 is 1.03 bits per heavy atom. The highest BCUT2D eigenvalue weighted by molar-refractivity contribution is 7.92. The van der Waals surface area contributed by atoms with Crippen molar-refractivity contribution in [2.45, 2.75) is 32.3 Å². The second-order valence-electron chi connectivity index (χ2n) is 9.84. The number of hydrogen-bond acceptors (Lipinski definition) is 7. The summed E-state index contributed by atoms with van der Waals surface area (Å²) in [4.78, 5) is 36.2. The Labute approximate surface area is 222 Å².